The molecule has 1 aliphatic heterocycles. The van der Waals surface area contributed by atoms with E-state index in [0.29, 0.717) is 23.0 Å². The normalized spacial score (nSPS) is 22.1. The number of piperazine rings is 1. The second-order valence-corrected chi connectivity index (χ2v) is 9.30. The lowest BCUT2D eigenvalue weighted by Gasteiger charge is -2.45. The molecule has 2 atom stereocenters. The predicted molar refractivity (Wildman–Crippen MR) is 131 cm³/mol. The van der Waals surface area contributed by atoms with Gasteiger partial charge in [-0.2, -0.15) is 0 Å². The standard InChI is InChI=1S/C23H31Cl2N3S/c1-6-8-22(25)11-19(4)29-23(26-5)27-14-17(2)28(18(3)15-27)16-21-10-7-9-20(12-21)13-24/h6-12,17-18H,1,13-16H2,2-5H3/b19-11+,22-8+,26-23-. The fraction of sp³-hybridized carbons (Fsp3) is 0.435. The maximum atomic E-state index is 6.18. The fourth-order valence-corrected chi connectivity index (χ4v) is 4.95. The summed E-state index contributed by atoms with van der Waals surface area (Å²) < 4.78 is 0. The molecule has 0 radical (unpaired) electrons. The molecule has 1 heterocycles. The van der Waals surface area contributed by atoms with E-state index in [1.807, 2.05) is 13.1 Å². The van der Waals surface area contributed by atoms with Crippen molar-refractivity contribution < 1.29 is 0 Å². The van der Waals surface area contributed by atoms with E-state index in [1.54, 1.807) is 23.9 Å². The first kappa shape index (κ1) is 24.1. The molecule has 0 N–H and O–H groups in total. The van der Waals surface area contributed by atoms with Gasteiger partial charge < -0.3 is 4.90 Å². The minimum Gasteiger partial charge on any atom is -0.348 e. The number of alkyl halides is 1. The second kappa shape index (κ2) is 11.8. The van der Waals surface area contributed by atoms with Crippen molar-refractivity contribution in [3.8, 4) is 0 Å². The van der Waals surface area contributed by atoms with E-state index in [1.165, 1.54) is 11.1 Å². The van der Waals surface area contributed by atoms with Crippen molar-refractivity contribution in [3.63, 3.8) is 0 Å². The molecule has 158 valence electrons. The Morgan fingerprint density at radius 3 is 2.52 bits per heavy atom. The number of thioether (sulfide) groups is 1. The number of amidine groups is 1. The molecule has 1 fully saturated rings. The number of allylic oxidation sites excluding steroid dienone is 5. The summed E-state index contributed by atoms with van der Waals surface area (Å²) in [6.07, 6.45) is 5.43. The molecule has 0 amide bonds. The Labute approximate surface area is 190 Å². The number of nitrogens with zero attached hydrogens (tertiary/aromatic N) is 3. The van der Waals surface area contributed by atoms with Crippen LogP contribution in [0.25, 0.3) is 0 Å². The van der Waals surface area contributed by atoms with Crippen molar-refractivity contribution in [1.82, 2.24) is 9.80 Å². The fourth-order valence-electron chi connectivity index (χ4n) is 3.63. The first-order valence-electron chi connectivity index (χ1n) is 9.83. The lowest BCUT2D eigenvalue weighted by atomic mass is 10.1. The van der Waals surface area contributed by atoms with Gasteiger partial charge in [-0.25, -0.2) is 0 Å². The van der Waals surface area contributed by atoms with E-state index in [-0.39, 0.29) is 0 Å². The number of aliphatic imine (C=N–C) groups is 1. The molecule has 0 saturated carbocycles. The predicted octanol–water partition coefficient (Wildman–Crippen LogP) is 6.25. The van der Waals surface area contributed by atoms with Gasteiger partial charge in [0.05, 0.1) is 0 Å². The van der Waals surface area contributed by atoms with Gasteiger partial charge in [-0.1, -0.05) is 60.3 Å². The van der Waals surface area contributed by atoms with Gasteiger partial charge in [0.1, 0.15) is 0 Å². The average Bonchev–Trinajstić information content (AvgIpc) is 2.69. The van der Waals surface area contributed by atoms with Crippen molar-refractivity contribution in [3.05, 3.63) is 70.1 Å². The topological polar surface area (TPSA) is 18.8 Å². The minimum absolute atomic E-state index is 0.421. The van der Waals surface area contributed by atoms with Gasteiger partial charge in [0.15, 0.2) is 5.17 Å². The molecule has 0 bridgehead atoms. The van der Waals surface area contributed by atoms with Crippen molar-refractivity contribution in [1.29, 1.82) is 0 Å². The summed E-state index contributed by atoms with van der Waals surface area (Å²) in [4.78, 5) is 10.6. The van der Waals surface area contributed by atoms with E-state index in [9.17, 15) is 0 Å². The number of halogens is 2. The molecule has 6 heteroatoms. The molecule has 0 aliphatic carbocycles. The van der Waals surface area contributed by atoms with E-state index >= 15 is 0 Å². The minimum atomic E-state index is 0.421. The molecule has 1 aromatic carbocycles. The van der Waals surface area contributed by atoms with Crippen LogP contribution in [0.1, 0.15) is 31.9 Å². The van der Waals surface area contributed by atoms with E-state index in [2.05, 4.69) is 66.4 Å². The molecule has 29 heavy (non-hydrogen) atoms. The highest BCUT2D eigenvalue weighted by molar-refractivity contribution is 8.17. The Kier molecular flexibility index (Phi) is 9.84. The van der Waals surface area contributed by atoms with Crippen molar-refractivity contribution >= 4 is 40.1 Å². The maximum Gasteiger partial charge on any atom is 0.163 e. The van der Waals surface area contributed by atoms with Crippen LogP contribution in [0.3, 0.4) is 0 Å². The van der Waals surface area contributed by atoms with Gasteiger partial charge in [0.25, 0.3) is 0 Å². The zero-order valence-corrected chi connectivity index (χ0v) is 20.1. The van der Waals surface area contributed by atoms with Gasteiger partial charge in [-0.05, 0) is 49.0 Å². The zero-order valence-electron chi connectivity index (χ0n) is 17.7. The van der Waals surface area contributed by atoms with Gasteiger partial charge in [-0.15, -0.1) is 11.6 Å². The highest BCUT2D eigenvalue weighted by Crippen LogP contribution is 2.26. The first-order chi connectivity index (χ1) is 13.9. The molecule has 1 saturated heterocycles. The lowest BCUT2D eigenvalue weighted by molar-refractivity contribution is 0.0659. The highest BCUT2D eigenvalue weighted by atomic mass is 35.5. The summed E-state index contributed by atoms with van der Waals surface area (Å²) in [5.74, 6) is 0.555. The van der Waals surface area contributed by atoms with Crippen LogP contribution in [0, 0.1) is 0 Å². The van der Waals surface area contributed by atoms with Crippen molar-refractivity contribution in [2.75, 3.05) is 20.1 Å². The average molecular weight is 452 g/mol. The molecule has 0 aromatic heterocycles. The van der Waals surface area contributed by atoms with Crippen LogP contribution in [-0.4, -0.2) is 47.2 Å². The van der Waals surface area contributed by atoms with Crippen LogP contribution < -0.4 is 0 Å². The third-order valence-corrected chi connectivity index (χ3v) is 6.55. The summed E-state index contributed by atoms with van der Waals surface area (Å²) in [6.45, 7) is 13.2. The smallest absolute Gasteiger partial charge is 0.163 e. The van der Waals surface area contributed by atoms with Crippen LogP contribution in [-0.2, 0) is 12.4 Å². The third kappa shape index (κ3) is 7.21. The first-order valence-corrected chi connectivity index (χ1v) is 11.6. The summed E-state index contributed by atoms with van der Waals surface area (Å²) in [5.41, 5.74) is 2.49. The highest BCUT2D eigenvalue weighted by Gasteiger charge is 2.31. The number of hydrogen-bond donors (Lipinski definition) is 0. The van der Waals surface area contributed by atoms with E-state index in [0.717, 1.165) is 29.7 Å². The Bertz CT molecular complexity index is 776. The second-order valence-electron chi connectivity index (χ2n) is 7.38. The van der Waals surface area contributed by atoms with Crippen molar-refractivity contribution in [2.24, 2.45) is 4.99 Å². The van der Waals surface area contributed by atoms with E-state index < -0.39 is 0 Å². The summed E-state index contributed by atoms with van der Waals surface area (Å²) in [5, 5.41) is 1.70. The zero-order chi connectivity index (χ0) is 21.4. The number of benzene rings is 1. The molecular formula is C23H31Cl2N3S. The molecule has 0 spiro atoms. The Morgan fingerprint density at radius 2 is 1.93 bits per heavy atom. The molecule has 3 nitrogen and oxygen atoms in total. The Hall–Kier alpha value is -1.20. The SMILES string of the molecule is C=C/C=C(Cl)\C=C(/C)S/C(=N\C)N1CC(C)N(Cc2cccc(CCl)c2)C(C)C1. The molecule has 2 unspecified atom stereocenters. The van der Waals surface area contributed by atoms with Crippen LogP contribution in [0.5, 0.6) is 0 Å². The van der Waals surface area contributed by atoms with Gasteiger partial charge >= 0.3 is 0 Å². The largest absolute Gasteiger partial charge is 0.348 e. The molecular weight excluding hydrogens is 421 g/mol. The number of rotatable bonds is 6. The van der Waals surface area contributed by atoms with Crippen molar-refractivity contribution in [2.45, 2.75) is 45.3 Å². The van der Waals surface area contributed by atoms with Crippen LogP contribution in [0.2, 0.25) is 0 Å². The monoisotopic (exact) mass is 451 g/mol. The molecule has 1 aromatic rings. The van der Waals surface area contributed by atoms with Gasteiger partial charge in [0, 0.05) is 49.7 Å². The third-order valence-electron chi connectivity index (χ3n) is 4.94. The van der Waals surface area contributed by atoms with Crippen LogP contribution in [0.4, 0.5) is 0 Å². The number of hydrogen-bond acceptors (Lipinski definition) is 3. The Balaban J connectivity index is 2.05. The maximum absolute atomic E-state index is 6.18. The lowest BCUT2D eigenvalue weighted by Crippen LogP contribution is -2.57. The van der Waals surface area contributed by atoms with Crippen LogP contribution >= 0.6 is 35.0 Å². The Morgan fingerprint density at radius 1 is 1.28 bits per heavy atom. The van der Waals surface area contributed by atoms with Gasteiger partial charge in [-0.3, -0.25) is 9.89 Å². The summed E-state index contributed by atoms with van der Waals surface area (Å²) in [6, 6.07) is 9.41. The quantitative estimate of drug-likeness (QED) is 0.220. The van der Waals surface area contributed by atoms with Gasteiger partial charge in [0.2, 0.25) is 0 Å². The summed E-state index contributed by atoms with van der Waals surface area (Å²) >= 11 is 13.9. The van der Waals surface area contributed by atoms with E-state index in [4.69, 9.17) is 23.2 Å². The molecule has 1 aliphatic rings. The van der Waals surface area contributed by atoms with Crippen LogP contribution in [0.15, 0.2) is 64.0 Å². The summed E-state index contributed by atoms with van der Waals surface area (Å²) in [7, 11) is 1.86. The molecule has 2 rings (SSSR count).